The predicted octanol–water partition coefficient (Wildman–Crippen LogP) is 2.84. The van der Waals surface area contributed by atoms with Crippen molar-refractivity contribution >= 4 is 40.9 Å². The minimum Gasteiger partial charge on any atom is -0.474 e. The van der Waals surface area contributed by atoms with Gasteiger partial charge in [0, 0.05) is 17.4 Å². The lowest BCUT2D eigenvalue weighted by Crippen LogP contribution is -2.53. The van der Waals surface area contributed by atoms with Crippen LogP contribution in [0.15, 0.2) is 48.1 Å². The van der Waals surface area contributed by atoms with E-state index < -0.39 is 35.5 Å². The van der Waals surface area contributed by atoms with Crippen molar-refractivity contribution in [3.63, 3.8) is 0 Å². The highest BCUT2D eigenvalue weighted by Crippen LogP contribution is 2.21. The summed E-state index contributed by atoms with van der Waals surface area (Å²) in [5.74, 6) is -1.23. The first-order chi connectivity index (χ1) is 17.9. The molecular weight excluding hydrogens is 488 g/mol. The SMILES string of the molecule is C=CCCn1c(C(=O)N[C@H](C(=O)N[C@H](C=O)CC(=NNC(N)=O)OC(C)(C)C)C(C)C)cc2ccccc21. The highest BCUT2D eigenvalue weighted by molar-refractivity contribution is 6.01. The van der Waals surface area contributed by atoms with Gasteiger partial charge in [-0.3, -0.25) is 9.59 Å². The van der Waals surface area contributed by atoms with Crippen molar-refractivity contribution in [1.82, 2.24) is 20.6 Å². The Kier molecular flexibility index (Phi) is 10.6. The number of hydrogen-bond acceptors (Lipinski definition) is 6. The van der Waals surface area contributed by atoms with Gasteiger partial charge in [-0.05, 0) is 45.2 Å². The Morgan fingerprint density at radius 2 is 1.87 bits per heavy atom. The number of primary amides is 1. The number of allylic oxidation sites excluding steroid dienone is 1. The van der Waals surface area contributed by atoms with Gasteiger partial charge >= 0.3 is 6.03 Å². The van der Waals surface area contributed by atoms with Gasteiger partial charge in [0.05, 0.1) is 12.5 Å². The van der Waals surface area contributed by atoms with Crippen molar-refractivity contribution in [2.24, 2.45) is 16.8 Å². The van der Waals surface area contributed by atoms with Crippen molar-refractivity contribution in [2.45, 2.75) is 71.7 Å². The Morgan fingerprint density at radius 1 is 1.18 bits per heavy atom. The summed E-state index contributed by atoms with van der Waals surface area (Å²) in [5, 5.41) is 10.2. The normalized spacial score (nSPS) is 13.5. The number of rotatable bonds is 12. The molecular formula is C27H38N6O5. The Morgan fingerprint density at radius 3 is 2.45 bits per heavy atom. The maximum atomic E-state index is 13.4. The number of ether oxygens (including phenoxy) is 1. The fourth-order valence-corrected chi connectivity index (χ4v) is 3.78. The second-order valence-corrected chi connectivity index (χ2v) is 10.2. The Labute approximate surface area is 222 Å². The van der Waals surface area contributed by atoms with Crippen LogP contribution in [0.1, 0.15) is 57.9 Å². The molecule has 0 aliphatic heterocycles. The van der Waals surface area contributed by atoms with Crippen molar-refractivity contribution in [2.75, 3.05) is 0 Å². The number of carbonyl (C=O) groups excluding carboxylic acids is 4. The fraction of sp³-hybridized carbons (Fsp3) is 0.444. The summed E-state index contributed by atoms with van der Waals surface area (Å²) in [7, 11) is 0. The van der Waals surface area contributed by atoms with Crippen LogP contribution < -0.4 is 21.8 Å². The molecule has 5 N–H and O–H groups in total. The number of fused-ring (bicyclic) bond motifs is 1. The average Bonchev–Trinajstić information content (AvgIpc) is 3.21. The van der Waals surface area contributed by atoms with Gasteiger partial charge in [-0.1, -0.05) is 38.1 Å². The summed E-state index contributed by atoms with van der Waals surface area (Å²) in [6.45, 7) is 13.2. The molecule has 0 fully saturated rings. The molecule has 0 spiro atoms. The average molecular weight is 527 g/mol. The van der Waals surface area contributed by atoms with E-state index >= 15 is 0 Å². The molecule has 11 heteroatoms. The number of benzene rings is 1. The molecule has 38 heavy (non-hydrogen) atoms. The van der Waals surface area contributed by atoms with E-state index in [0.29, 0.717) is 24.9 Å². The molecule has 1 aromatic heterocycles. The van der Waals surface area contributed by atoms with Gasteiger partial charge in [0.1, 0.15) is 23.6 Å². The van der Waals surface area contributed by atoms with Crippen molar-refractivity contribution in [3.8, 4) is 0 Å². The monoisotopic (exact) mass is 526 g/mol. The van der Waals surface area contributed by atoms with E-state index in [1.54, 1.807) is 46.8 Å². The molecule has 11 nitrogen and oxygen atoms in total. The molecule has 2 atom stereocenters. The number of nitrogens with one attached hydrogen (secondary N) is 3. The third-order valence-electron chi connectivity index (χ3n) is 5.44. The first kappa shape index (κ1) is 30.1. The van der Waals surface area contributed by atoms with Crippen LogP contribution in [0.5, 0.6) is 0 Å². The number of nitrogens with two attached hydrogens (primary N) is 1. The molecule has 0 radical (unpaired) electrons. The van der Waals surface area contributed by atoms with Crippen molar-refractivity contribution in [3.05, 3.63) is 48.7 Å². The zero-order chi connectivity index (χ0) is 28.5. The summed E-state index contributed by atoms with van der Waals surface area (Å²) < 4.78 is 7.59. The molecule has 0 saturated heterocycles. The standard InChI is InChI=1S/C27H38N6O5/c1-7-8-13-33-20-12-10-9-11-18(20)14-21(33)24(35)30-23(17(2)3)25(36)29-19(16-34)15-22(31-32-26(28)37)38-27(4,5)6/h7,9-12,14,16-17,19,23H,1,8,13,15H2,2-6H3,(H,29,36)(H,30,35)(H3,28,32,37)/t19-,23-/m0/s1. The fourth-order valence-electron chi connectivity index (χ4n) is 3.78. The number of carbonyl (C=O) groups is 4. The molecule has 0 unspecified atom stereocenters. The first-order valence-electron chi connectivity index (χ1n) is 12.4. The molecule has 0 saturated carbocycles. The Balaban J connectivity index is 2.23. The van der Waals surface area contributed by atoms with Crippen LogP contribution in [0.4, 0.5) is 4.79 Å². The number of aldehydes is 1. The summed E-state index contributed by atoms with van der Waals surface area (Å²) in [5.41, 5.74) is 7.79. The van der Waals surface area contributed by atoms with Crippen molar-refractivity contribution in [1.29, 1.82) is 0 Å². The molecule has 2 aromatic rings. The summed E-state index contributed by atoms with van der Waals surface area (Å²) in [6.07, 6.45) is 2.84. The molecule has 0 aliphatic rings. The summed E-state index contributed by atoms with van der Waals surface area (Å²) in [6, 6.07) is 6.57. The highest BCUT2D eigenvalue weighted by atomic mass is 16.5. The van der Waals surface area contributed by atoms with Gasteiger partial charge in [-0.25, -0.2) is 10.2 Å². The number of para-hydroxylation sites is 1. The van der Waals surface area contributed by atoms with Crippen LogP contribution in [-0.4, -0.2) is 52.3 Å². The number of nitrogens with zero attached hydrogens (tertiary/aromatic N) is 2. The van der Waals surface area contributed by atoms with Crippen LogP contribution in [0.25, 0.3) is 10.9 Å². The van der Waals surface area contributed by atoms with Crippen LogP contribution in [0, 0.1) is 5.92 Å². The third-order valence-corrected chi connectivity index (χ3v) is 5.44. The van der Waals surface area contributed by atoms with E-state index in [9.17, 15) is 19.2 Å². The second kappa shape index (κ2) is 13.4. The number of aromatic nitrogens is 1. The van der Waals surface area contributed by atoms with Gasteiger partial charge in [-0.15, -0.1) is 11.7 Å². The maximum absolute atomic E-state index is 13.4. The number of aryl methyl sites for hydroxylation is 1. The quantitative estimate of drug-likeness (QED) is 0.110. The zero-order valence-corrected chi connectivity index (χ0v) is 22.6. The van der Waals surface area contributed by atoms with Crippen molar-refractivity contribution < 1.29 is 23.9 Å². The van der Waals surface area contributed by atoms with Gasteiger partial charge in [0.2, 0.25) is 11.8 Å². The molecule has 1 aromatic carbocycles. The number of urea groups is 1. The van der Waals surface area contributed by atoms with Gasteiger partial charge < -0.3 is 30.5 Å². The lowest BCUT2D eigenvalue weighted by molar-refractivity contribution is -0.126. The molecule has 2 rings (SSSR count). The lowest BCUT2D eigenvalue weighted by Gasteiger charge is -2.26. The number of hydrazone groups is 1. The minimum atomic E-state index is -1.03. The van der Waals surface area contributed by atoms with E-state index in [2.05, 4.69) is 27.7 Å². The van der Waals surface area contributed by atoms with E-state index in [1.165, 1.54) is 0 Å². The Bertz CT molecular complexity index is 1190. The molecule has 0 bridgehead atoms. The Hall–Kier alpha value is -4.15. The second-order valence-electron chi connectivity index (χ2n) is 10.2. The molecule has 1 heterocycles. The number of hydrogen-bond donors (Lipinski definition) is 4. The van der Waals surface area contributed by atoms with Gasteiger partial charge in [0.15, 0.2) is 0 Å². The zero-order valence-electron chi connectivity index (χ0n) is 22.6. The highest BCUT2D eigenvalue weighted by Gasteiger charge is 2.29. The topological polar surface area (TPSA) is 157 Å². The maximum Gasteiger partial charge on any atom is 0.332 e. The van der Waals surface area contributed by atoms with E-state index in [0.717, 1.165) is 10.9 Å². The first-order valence-corrected chi connectivity index (χ1v) is 12.4. The molecule has 4 amide bonds. The van der Waals surface area contributed by atoms with Gasteiger partial charge in [-0.2, -0.15) is 0 Å². The van der Waals surface area contributed by atoms with E-state index in [-0.39, 0.29) is 18.2 Å². The van der Waals surface area contributed by atoms with Crippen LogP contribution in [0.2, 0.25) is 0 Å². The smallest absolute Gasteiger partial charge is 0.332 e. The lowest BCUT2D eigenvalue weighted by atomic mass is 10.0. The predicted molar refractivity (Wildman–Crippen MR) is 146 cm³/mol. The van der Waals surface area contributed by atoms with Crippen LogP contribution in [-0.2, 0) is 20.9 Å². The summed E-state index contributed by atoms with van der Waals surface area (Å²) >= 11 is 0. The number of amides is 4. The van der Waals surface area contributed by atoms with E-state index in [4.69, 9.17) is 10.5 Å². The third kappa shape index (κ3) is 8.75. The summed E-state index contributed by atoms with van der Waals surface area (Å²) in [4.78, 5) is 49.5. The largest absolute Gasteiger partial charge is 0.474 e. The van der Waals surface area contributed by atoms with Crippen LogP contribution >= 0.6 is 0 Å². The van der Waals surface area contributed by atoms with Gasteiger partial charge in [0.25, 0.3) is 5.91 Å². The van der Waals surface area contributed by atoms with E-state index in [1.807, 2.05) is 28.8 Å². The molecule has 0 aliphatic carbocycles. The minimum absolute atomic E-state index is 0.00516. The van der Waals surface area contributed by atoms with Crippen LogP contribution in [0.3, 0.4) is 0 Å². The molecule has 206 valence electrons.